The van der Waals surface area contributed by atoms with Gasteiger partial charge in [0.2, 0.25) is 0 Å². The van der Waals surface area contributed by atoms with Crippen LogP contribution >= 0.6 is 11.3 Å². The molecule has 2 aromatic heterocycles. The molecule has 5 nitrogen and oxygen atoms in total. The molecule has 3 aromatic rings. The number of benzene rings is 1. The molecule has 6 heteroatoms. The zero-order valence-corrected chi connectivity index (χ0v) is 12.9. The Morgan fingerprint density at radius 1 is 1.27 bits per heavy atom. The Morgan fingerprint density at radius 2 is 2.05 bits per heavy atom. The Kier molecular flexibility index (Phi) is 3.68. The van der Waals surface area contributed by atoms with Crippen LogP contribution in [0.1, 0.15) is 22.2 Å². The van der Waals surface area contributed by atoms with Gasteiger partial charge in [-0.3, -0.25) is 4.79 Å². The fourth-order valence-electron chi connectivity index (χ4n) is 2.43. The highest BCUT2D eigenvalue weighted by molar-refractivity contribution is 7.21. The zero-order valence-electron chi connectivity index (χ0n) is 12.1. The number of carbonyl (C=O) groups excluding carboxylic acids is 1. The lowest BCUT2D eigenvalue weighted by Gasteiger charge is -2.12. The lowest BCUT2D eigenvalue weighted by molar-refractivity contribution is 0.100. The first-order valence-corrected chi connectivity index (χ1v) is 7.75. The van der Waals surface area contributed by atoms with Gasteiger partial charge in [0.15, 0.2) is 0 Å². The third kappa shape index (κ3) is 2.37. The molecule has 112 valence electrons. The number of hydrogen-bond acceptors (Lipinski definition) is 5. The van der Waals surface area contributed by atoms with Gasteiger partial charge in [-0.25, -0.2) is 4.98 Å². The van der Waals surface area contributed by atoms with Gasteiger partial charge in [-0.05, 0) is 24.1 Å². The molecule has 5 N–H and O–H groups in total. The maximum Gasteiger partial charge on any atom is 0.260 e. The molecule has 0 aliphatic heterocycles. The van der Waals surface area contributed by atoms with Gasteiger partial charge in [-0.1, -0.05) is 25.1 Å². The van der Waals surface area contributed by atoms with Gasteiger partial charge in [-0.15, -0.1) is 11.3 Å². The van der Waals surface area contributed by atoms with Gasteiger partial charge in [0.1, 0.15) is 9.71 Å². The molecular weight excluding hydrogens is 296 g/mol. The van der Waals surface area contributed by atoms with E-state index in [4.69, 9.17) is 11.5 Å². The van der Waals surface area contributed by atoms with Crippen molar-refractivity contribution < 1.29 is 4.79 Å². The number of nitrogens with zero attached hydrogens (tertiary/aromatic N) is 1. The summed E-state index contributed by atoms with van der Waals surface area (Å²) in [6, 6.07) is 9.93. The number of nitrogens with two attached hydrogens (primary N) is 2. The summed E-state index contributed by atoms with van der Waals surface area (Å²) < 4.78 is 0. The average Bonchev–Trinajstić information content (AvgIpc) is 2.86. The van der Waals surface area contributed by atoms with Crippen molar-refractivity contribution in [3.8, 4) is 0 Å². The number of fused-ring (bicyclic) bond motifs is 1. The van der Waals surface area contributed by atoms with E-state index < -0.39 is 5.91 Å². The molecule has 2 heterocycles. The van der Waals surface area contributed by atoms with Crippen LogP contribution in [0.3, 0.4) is 0 Å². The number of rotatable bonds is 4. The number of primary amides is 1. The second kappa shape index (κ2) is 5.65. The van der Waals surface area contributed by atoms with E-state index in [1.165, 1.54) is 16.9 Å². The van der Waals surface area contributed by atoms with E-state index in [9.17, 15) is 4.79 Å². The lowest BCUT2D eigenvalue weighted by Crippen LogP contribution is -2.10. The van der Waals surface area contributed by atoms with Crippen molar-refractivity contribution in [2.24, 2.45) is 5.73 Å². The molecule has 0 bridgehead atoms. The molecule has 1 amide bonds. The van der Waals surface area contributed by atoms with Gasteiger partial charge in [-0.2, -0.15) is 0 Å². The van der Waals surface area contributed by atoms with Crippen LogP contribution in [0, 0.1) is 0 Å². The maximum absolute atomic E-state index is 11.5. The molecule has 1 aromatic carbocycles. The van der Waals surface area contributed by atoms with Crippen LogP contribution in [0.4, 0.5) is 17.1 Å². The highest BCUT2D eigenvalue weighted by Gasteiger charge is 2.17. The van der Waals surface area contributed by atoms with Crippen LogP contribution in [-0.2, 0) is 6.42 Å². The number of nitrogens with one attached hydrogen (secondary N) is 1. The van der Waals surface area contributed by atoms with E-state index in [-0.39, 0.29) is 0 Å². The number of amides is 1. The summed E-state index contributed by atoms with van der Waals surface area (Å²) in [5.74, 6) is -0.527. The highest BCUT2D eigenvalue weighted by atomic mass is 32.1. The summed E-state index contributed by atoms with van der Waals surface area (Å²) in [7, 11) is 0. The minimum absolute atomic E-state index is 0.348. The number of para-hydroxylation sites is 1. The number of thiophene rings is 1. The molecule has 0 saturated heterocycles. The van der Waals surface area contributed by atoms with E-state index in [1.54, 1.807) is 6.20 Å². The molecule has 0 atom stereocenters. The lowest BCUT2D eigenvalue weighted by atomic mass is 10.1. The standard InChI is InChI=1S/C16H16N4OS/c1-2-9-5-3-4-6-10(9)20-11-7-8-19-16-12(11)13(17)14(22-16)15(18)21/h3-8H,2,17H2,1H3,(H2,18,21)(H,19,20). The zero-order chi connectivity index (χ0) is 15.7. The average molecular weight is 312 g/mol. The normalized spacial score (nSPS) is 10.8. The molecule has 0 aliphatic rings. The molecule has 22 heavy (non-hydrogen) atoms. The SMILES string of the molecule is CCc1ccccc1Nc1ccnc2sc(C(N)=O)c(N)c12. The Labute approximate surface area is 132 Å². The van der Waals surface area contributed by atoms with E-state index in [1.807, 2.05) is 24.3 Å². The van der Waals surface area contributed by atoms with Crippen molar-refractivity contribution in [1.29, 1.82) is 0 Å². The summed E-state index contributed by atoms with van der Waals surface area (Å²) in [5, 5.41) is 4.14. The maximum atomic E-state index is 11.5. The first kappa shape index (κ1) is 14.3. The van der Waals surface area contributed by atoms with Gasteiger partial charge in [0, 0.05) is 11.9 Å². The minimum atomic E-state index is -0.527. The molecular formula is C16H16N4OS. The topological polar surface area (TPSA) is 94.0 Å². The third-order valence-electron chi connectivity index (χ3n) is 3.52. The van der Waals surface area contributed by atoms with Gasteiger partial charge in [0.05, 0.1) is 16.8 Å². The van der Waals surface area contributed by atoms with Crippen LogP contribution < -0.4 is 16.8 Å². The summed E-state index contributed by atoms with van der Waals surface area (Å²) >= 11 is 1.22. The third-order valence-corrected chi connectivity index (χ3v) is 4.65. The quantitative estimate of drug-likeness (QED) is 0.689. The molecule has 0 fully saturated rings. The van der Waals surface area contributed by atoms with Crippen LogP contribution in [0.2, 0.25) is 0 Å². The Morgan fingerprint density at radius 3 is 2.77 bits per heavy atom. The van der Waals surface area contributed by atoms with Crippen molar-refractivity contribution in [2.45, 2.75) is 13.3 Å². The van der Waals surface area contributed by atoms with Crippen molar-refractivity contribution in [1.82, 2.24) is 4.98 Å². The summed E-state index contributed by atoms with van der Waals surface area (Å²) in [5.41, 5.74) is 14.9. The fraction of sp³-hybridized carbons (Fsp3) is 0.125. The molecule has 3 rings (SSSR count). The van der Waals surface area contributed by atoms with Crippen molar-refractivity contribution in [3.05, 3.63) is 47.0 Å². The highest BCUT2D eigenvalue weighted by Crippen LogP contribution is 2.38. The number of hydrogen-bond donors (Lipinski definition) is 3. The Balaban J connectivity index is 2.13. The first-order chi connectivity index (χ1) is 10.6. The van der Waals surface area contributed by atoms with Crippen molar-refractivity contribution in [2.75, 3.05) is 11.1 Å². The van der Waals surface area contributed by atoms with E-state index >= 15 is 0 Å². The van der Waals surface area contributed by atoms with E-state index in [0.29, 0.717) is 15.4 Å². The minimum Gasteiger partial charge on any atom is -0.397 e. The van der Waals surface area contributed by atoms with Gasteiger partial charge in [0.25, 0.3) is 5.91 Å². The van der Waals surface area contributed by atoms with Crippen molar-refractivity contribution in [3.63, 3.8) is 0 Å². The smallest absolute Gasteiger partial charge is 0.260 e. The number of aromatic nitrogens is 1. The predicted molar refractivity (Wildman–Crippen MR) is 91.7 cm³/mol. The fourth-order valence-corrected chi connectivity index (χ4v) is 3.37. The molecule has 0 aliphatic carbocycles. The molecule has 0 saturated carbocycles. The summed E-state index contributed by atoms with van der Waals surface area (Å²) in [6.07, 6.45) is 2.61. The second-order valence-corrected chi connectivity index (χ2v) is 5.88. The Bertz CT molecular complexity index is 856. The summed E-state index contributed by atoms with van der Waals surface area (Å²) in [6.45, 7) is 2.10. The van der Waals surface area contributed by atoms with Crippen LogP contribution in [-0.4, -0.2) is 10.9 Å². The molecule has 0 spiro atoms. The monoisotopic (exact) mass is 312 g/mol. The summed E-state index contributed by atoms with van der Waals surface area (Å²) in [4.78, 5) is 16.8. The predicted octanol–water partition coefficient (Wildman–Crippen LogP) is 3.28. The largest absolute Gasteiger partial charge is 0.397 e. The number of anilines is 3. The van der Waals surface area contributed by atoms with Crippen molar-refractivity contribution >= 4 is 44.5 Å². The molecule has 0 radical (unpaired) electrons. The number of pyridine rings is 1. The number of nitrogen functional groups attached to an aromatic ring is 1. The van der Waals surface area contributed by atoms with Gasteiger partial charge < -0.3 is 16.8 Å². The first-order valence-electron chi connectivity index (χ1n) is 6.93. The van der Waals surface area contributed by atoms with Gasteiger partial charge >= 0.3 is 0 Å². The molecule has 0 unspecified atom stereocenters. The number of aryl methyl sites for hydroxylation is 1. The van der Waals surface area contributed by atoms with Crippen LogP contribution in [0.25, 0.3) is 10.2 Å². The second-order valence-electron chi connectivity index (χ2n) is 4.88. The van der Waals surface area contributed by atoms with Crippen LogP contribution in [0.15, 0.2) is 36.5 Å². The van der Waals surface area contributed by atoms with E-state index in [2.05, 4.69) is 23.3 Å². The van der Waals surface area contributed by atoms with Crippen LogP contribution in [0.5, 0.6) is 0 Å². The van der Waals surface area contributed by atoms with E-state index in [0.717, 1.165) is 23.2 Å². The Hall–Kier alpha value is -2.60. The number of carbonyl (C=O) groups is 1.